The van der Waals surface area contributed by atoms with Crippen molar-refractivity contribution in [3.05, 3.63) is 0 Å². The highest BCUT2D eigenvalue weighted by molar-refractivity contribution is 4.61. The summed E-state index contributed by atoms with van der Waals surface area (Å²) in [4.78, 5) is 0. The van der Waals surface area contributed by atoms with Crippen LogP contribution < -0.4 is 0 Å². The van der Waals surface area contributed by atoms with Gasteiger partial charge in [-0.2, -0.15) is 0 Å². The predicted octanol–water partition coefficient (Wildman–Crippen LogP) is 2.68. The summed E-state index contributed by atoms with van der Waals surface area (Å²) in [5.41, 5.74) is 0. The van der Waals surface area contributed by atoms with Crippen molar-refractivity contribution in [2.45, 2.75) is 58.2 Å². The van der Waals surface area contributed by atoms with Gasteiger partial charge < -0.3 is 5.11 Å². The summed E-state index contributed by atoms with van der Waals surface area (Å²) in [6, 6.07) is 0. The first kappa shape index (κ1) is 10.9. The lowest BCUT2D eigenvalue weighted by molar-refractivity contribution is 0.0859. The molecule has 0 radical (unpaired) electrons. The zero-order chi connectivity index (χ0) is 8.69. The van der Waals surface area contributed by atoms with E-state index in [2.05, 4.69) is 6.92 Å². The lowest BCUT2D eigenvalue weighted by atomic mass is 10.1. The molecule has 0 aliphatic heterocycles. The summed E-state index contributed by atoms with van der Waals surface area (Å²) >= 11 is 0. The van der Waals surface area contributed by atoms with E-state index in [0.717, 1.165) is 12.8 Å². The lowest BCUT2D eigenvalue weighted by Gasteiger charge is -2.09. The van der Waals surface area contributed by atoms with Crippen molar-refractivity contribution in [1.82, 2.24) is 0 Å². The number of rotatable bonds is 6. The molecular weight excluding hydrogens is 143 g/mol. The fourth-order valence-electron chi connectivity index (χ4n) is 1.01. The van der Waals surface area contributed by atoms with Crippen molar-refractivity contribution in [3.8, 4) is 0 Å². The molecule has 68 valence electrons. The van der Waals surface area contributed by atoms with Gasteiger partial charge in [-0.1, -0.05) is 32.6 Å². The number of halogens is 1. The molecule has 0 aromatic heterocycles. The van der Waals surface area contributed by atoms with Crippen LogP contribution in [0.5, 0.6) is 0 Å². The highest BCUT2D eigenvalue weighted by atomic mass is 19.1. The standard InChI is InChI=1S/C9H19FO/c1-3-4-5-6-7-9(10)8(2)11/h8-9,11H,3-7H2,1-2H3/t8-,9-/m0/s1. The molecule has 0 amide bonds. The highest BCUT2D eigenvalue weighted by Gasteiger charge is 2.11. The monoisotopic (exact) mass is 162 g/mol. The Hall–Kier alpha value is -0.110. The second-order valence-corrected chi connectivity index (χ2v) is 3.11. The molecule has 0 saturated heterocycles. The molecule has 0 aromatic rings. The Balaban J connectivity index is 3.10. The van der Waals surface area contributed by atoms with E-state index in [-0.39, 0.29) is 0 Å². The van der Waals surface area contributed by atoms with Gasteiger partial charge >= 0.3 is 0 Å². The molecule has 0 aliphatic rings. The molecule has 0 rings (SSSR count). The largest absolute Gasteiger partial charge is 0.390 e. The van der Waals surface area contributed by atoms with Crippen molar-refractivity contribution in [1.29, 1.82) is 0 Å². The van der Waals surface area contributed by atoms with Crippen LogP contribution in [0.4, 0.5) is 4.39 Å². The van der Waals surface area contributed by atoms with Gasteiger partial charge in [0, 0.05) is 0 Å². The van der Waals surface area contributed by atoms with Crippen molar-refractivity contribution in [3.63, 3.8) is 0 Å². The molecule has 0 bridgehead atoms. The number of hydrogen-bond donors (Lipinski definition) is 1. The third-order valence-corrected chi connectivity index (χ3v) is 1.86. The van der Waals surface area contributed by atoms with Crippen molar-refractivity contribution < 1.29 is 9.50 Å². The van der Waals surface area contributed by atoms with E-state index >= 15 is 0 Å². The van der Waals surface area contributed by atoms with Gasteiger partial charge in [-0.05, 0) is 13.3 Å². The van der Waals surface area contributed by atoms with Gasteiger partial charge in [0.25, 0.3) is 0 Å². The number of hydrogen-bond acceptors (Lipinski definition) is 1. The van der Waals surface area contributed by atoms with Gasteiger partial charge in [-0.15, -0.1) is 0 Å². The van der Waals surface area contributed by atoms with Crippen LogP contribution in [-0.2, 0) is 0 Å². The zero-order valence-electron chi connectivity index (χ0n) is 7.52. The minimum Gasteiger partial charge on any atom is -0.390 e. The first-order chi connectivity index (χ1) is 5.18. The molecular formula is C9H19FO. The second kappa shape index (κ2) is 6.59. The Morgan fingerprint density at radius 1 is 1.27 bits per heavy atom. The van der Waals surface area contributed by atoms with Crippen LogP contribution in [0.15, 0.2) is 0 Å². The smallest absolute Gasteiger partial charge is 0.126 e. The Bertz CT molecular complexity index is 83.6. The number of unbranched alkanes of at least 4 members (excludes halogenated alkanes) is 3. The molecule has 0 saturated carbocycles. The molecule has 0 aromatic carbocycles. The van der Waals surface area contributed by atoms with Gasteiger partial charge in [-0.3, -0.25) is 0 Å². The summed E-state index contributed by atoms with van der Waals surface area (Å²) in [6.45, 7) is 3.63. The van der Waals surface area contributed by atoms with E-state index < -0.39 is 12.3 Å². The van der Waals surface area contributed by atoms with Gasteiger partial charge in [0.15, 0.2) is 0 Å². The molecule has 1 nitrogen and oxygen atoms in total. The van der Waals surface area contributed by atoms with E-state index in [1.807, 2.05) is 0 Å². The summed E-state index contributed by atoms with van der Waals surface area (Å²) in [6.07, 6.45) is 3.03. The van der Waals surface area contributed by atoms with Crippen LogP contribution in [0, 0.1) is 0 Å². The fourth-order valence-corrected chi connectivity index (χ4v) is 1.01. The third-order valence-electron chi connectivity index (χ3n) is 1.86. The van der Waals surface area contributed by atoms with Gasteiger partial charge in [0.1, 0.15) is 6.17 Å². The fraction of sp³-hybridized carbons (Fsp3) is 1.00. The van der Waals surface area contributed by atoms with Crippen LogP contribution in [-0.4, -0.2) is 17.4 Å². The molecule has 0 aliphatic carbocycles. The van der Waals surface area contributed by atoms with Gasteiger partial charge in [-0.25, -0.2) is 4.39 Å². The van der Waals surface area contributed by atoms with Crippen LogP contribution >= 0.6 is 0 Å². The average molecular weight is 162 g/mol. The average Bonchev–Trinajstić information content (AvgIpc) is 1.97. The highest BCUT2D eigenvalue weighted by Crippen LogP contribution is 2.10. The first-order valence-corrected chi connectivity index (χ1v) is 4.50. The summed E-state index contributed by atoms with van der Waals surface area (Å²) in [7, 11) is 0. The lowest BCUT2D eigenvalue weighted by Crippen LogP contribution is -2.17. The quantitative estimate of drug-likeness (QED) is 0.595. The maximum Gasteiger partial charge on any atom is 0.126 e. The van der Waals surface area contributed by atoms with E-state index in [9.17, 15) is 4.39 Å². The van der Waals surface area contributed by atoms with Crippen molar-refractivity contribution in [2.75, 3.05) is 0 Å². The second-order valence-electron chi connectivity index (χ2n) is 3.11. The number of aliphatic hydroxyl groups excluding tert-OH is 1. The van der Waals surface area contributed by atoms with Gasteiger partial charge in [0.2, 0.25) is 0 Å². The minimum absolute atomic E-state index is 0.512. The molecule has 0 spiro atoms. The minimum atomic E-state index is -1.02. The zero-order valence-corrected chi connectivity index (χ0v) is 7.52. The number of alkyl halides is 1. The maximum absolute atomic E-state index is 12.7. The van der Waals surface area contributed by atoms with Crippen LogP contribution in [0.1, 0.15) is 46.0 Å². The SMILES string of the molecule is CCCCCC[C@H](F)[C@H](C)O. The van der Waals surface area contributed by atoms with E-state index in [1.54, 1.807) is 0 Å². The van der Waals surface area contributed by atoms with Crippen LogP contribution in [0.2, 0.25) is 0 Å². The molecule has 0 heterocycles. The topological polar surface area (TPSA) is 20.2 Å². The van der Waals surface area contributed by atoms with E-state index in [4.69, 9.17) is 5.11 Å². The van der Waals surface area contributed by atoms with Crippen LogP contribution in [0.3, 0.4) is 0 Å². The Morgan fingerprint density at radius 2 is 1.91 bits per heavy atom. The first-order valence-electron chi connectivity index (χ1n) is 4.50. The summed E-state index contributed by atoms with van der Waals surface area (Å²) in [5, 5.41) is 8.80. The van der Waals surface area contributed by atoms with Crippen LogP contribution in [0.25, 0.3) is 0 Å². The van der Waals surface area contributed by atoms with E-state index in [1.165, 1.54) is 19.8 Å². The predicted molar refractivity (Wildman–Crippen MR) is 45.3 cm³/mol. The Labute approximate surface area is 68.6 Å². The maximum atomic E-state index is 12.7. The molecule has 0 unspecified atom stereocenters. The normalized spacial score (nSPS) is 16.4. The summed E-state index contributed by atoms with van der Waals surface area (Å²) < 4.78 is 12.7. The molecule has 11 heavy (non-hydrogen) atoms. The molecule has 2 heteroatoms. The van der Waals surface area contributed by atoms with Gasteiger partial charge in [0.05, 0.1) is 6.10 Å². The summed E-state index contributed by atoms with van der Waals surface area (Å²) in [5.74, 6) is 0. The molecule has 1 N–H and O–H groups in total. The van der Waals surface area contributed by atoms with Crippen molar-refractivity contribution in [2.24, 2.45) is 0 Å². The van der Waals surface area contributed by atoms with E-state index in [0.29, 0.717) is 6.42 Å². The van der Waals surface area contributed by atoms with Crippen molar-refractivity contribution >= 4 is 0 Å². The Kier molecular flexibility index (Phi) is 6.52. The molecule has 2 atom stereocenters. The number of aliphatic hydroxyl groups is 1. The Morgan fingerprint density at radius 3 is 2.36 bits per heavy atom. The third kappa shape index (κ3) is 6.29. The molecule has 0 fully saturated rings.